The van der Waals surface area contributed by atoms with Crippen LogP contribution < -0.4 is 5.32 Å². The van der Waals surface area contributed by atoms with Gasteiger partial charge in [0, 0.05) is 24.7 Å². The van der Waals surface area contributed by atoms with E-state index in [0.717, 1.165) is 19.1 Å². The highest BCUT2D eigenvalue weighted by Crippen LogP contribution is 2.29. The molecule has 1 aliphatic carbocycles. The smallest absolute Gasteiger partial charge is 0.0239 e. The summed E-state index contributed by atoms with van der Waals surface area (Å²) in [7, 11) is 0. The molecule has 2 aliphatic rings. The summed E-state index contributed by atoms with van der Waals surface area (Å²) in [5.74, 6) is 0. The normalized spacial score (nSPS) is 22.8. The third-order valence-electron chi connectivity index (χ3n) is 4.61. The van der Waals surface area contributed by atoms with Gasteiger partial charge in [0.2, 0.25) is 0 Å². The summed E-state index contributed by atoms with van der Waals surface area (Å²) in [6.45, 7) is 8.13. The van der Waals surface area contributed by atoms with Crippen LogP contribution in [0, 0.1) is 0 Å². The third-order valence-corrected chi connectivity index (χ3v) is 4.61. The first-order valence-corrected chi connectivity index (χ1v) is 7.70. The van der Waals surface area contributed by atoms with Crippen LogP contribution in [0.3, 0.4) is 0 Å². The van der Waals surface area contributed by atoms with Crippen molar-refractivity contribution in [2.45, 2.75) is 64.2 Å². The summed E-state index contributed by atoms with van der Waals surface area (Å²) >= 11 is 0. The lowest BCUT2D eigenvalue weighted by atomic mass is 10.0. The van der Waals surface area contributed by atoms with Crippen molar-refractivity contribution in [3.63, 3.8) is 0 Å². The molecule has 2 nitrogen and oxygen atoms in total. The molecular formula is C17H26N2. The number of hydrogen-bond acceptors (Lipinski definition) is 2. The zero-order chi connectivity index (χ0) is 13.3. The number of rotatable bonds is 5. The average molecular weight is 258 g/mol. The Morgan fingerprint density at radius 2 is 2.05 bits per heavy atom. The molecule has 1 aromatic rings. The van der Waals surface area contributed by atoms with Crippen LogP contribution in [0.1, 0.15) is 50.7 Å². The van der Waals surface area contributed by atoms with E-state index in [1.807, 2.05) is 0 Å². The van der Waals surface area contributed by atoms with E-state index in [4.69, 9.17) is 0 Å². The second kappa shape index (κ2) is 5.26. The highest BCUT2D eigenvalue weighted by Gasteiger charge is 2.31. The van der Waals surface area contributed by atoms with Gasteiger partial charge in [-0.25, -0.2) is 0 Å². The fraction of sp³-hybridized carbons (Fsp3) is 0.647. The highest BCUT2D eigenvalue weighted by molar-refractivity contribution is 5.24. The number of hydrogen-bond donors (Lipinski definition) is 1. The Bertz CT molecular complexity index is 435. The molecule has 1 saturated heterocycles. The largest absolute Gasteiger partial charge is 0.310 e. The van der Waals surface area contributed by atoms with Crippen molar-refractivity contribution >= 4 is 0 Å². The molecule has 1 saturated carbocycles. The van der Waals surface area contributed by atoms with Crippen molar-refractivity contribution in [2.24, 2.45) is 0 Å². The third kappa shape index (κ3) is 3.37. The number of likely N-dealkylation sites (tertiary alicyclic amines) is 1. The lowest BCUT2D eigenvalue weighted by Gasteiger charge is -2.31. The average Bonchev–Trinajstić information content (AvgIpc) is 3.14. The van der Waals surface area contributed by atoms with E-state index in [9.17, 15) is 0 Å². The summed E-state index contributed by atoms with van der Waals surface area (Å²) in [6, 6.07) is 9.90. The van der Waals surface area contributed by atoms with Crippen LogP contribution >= 0.6 is 0 Å². The molecule has 0 bridgehead atoms. The van der Waals surface area contributed by atoms with Gasteiger partial charge >= 0.3 is 0 Å². The summed E-state index contributed by atoms with van der Waals surface area (Å²) in [4.78, 5) is 2.63. The van der Waals surface area contributed by atoms with E-state index in [1.165, 1.54) is 43.4 Å². The van der Waals surface area contributed by atoms with Gasteiger partial charge in [-0.1, -0.05) is 24.3 Å². The van der Waals surface area contributed by atoms with E-state index in [-0.39, 0.29) is 0 Å². The molecule has 0 atom stereocenters. The van der Waals surface area contributed by atoms with Crippen molar-refractivity contribution in [3.05, 3.63) is 35.4 Å². The van der Waals surface area contributed by atoms with Crippen LogP contribution in [-0.2, 0) is 13.1 Å². The molecular weight excluding hydrogens is 232 g/mol. The van der Waals surface area contributed by atoms with Crippen LogP contribution in [0.2, 0.25) is 0 Å². The molecule has 0 amide bonds. The molecule has 1 heterocycles. The lowest BCUT2D eigenvalue weighted by molar-refractivity contribution is 0.166. The van der Waals surface area contributed by atoms with Gasteiger partial charge in [-0.05, 0) is 57.2 Å². The SMILES string of the molecule is CC1(C)CCCN1Cc1cccc(CNC2CC2)c1. The lowest BCUT2D eigenvalue weighted by Crippen LogP contribution is -2.37. The topological polar surface area (TPSA) is 15.3 Å². The summed E-state index contributed by atoms with van der Waals surface area (Å²) < 4.78 is 0. The molecule has 1 aliphatic heterocycles. The van der Waals surface area contributed by atoms with Crippen molar-refractivity contribution in [1.82, 2.24) is 10.2 Å². The van der Waals surface area contributed by atoms with Crippen LogP contribution in [-0.4, -0.2) is 23.0 Å². The summed E-state index contributed by atoms with van der Waals surface area (Å²) in [6.07, 6.45) is 5.40. The van der Waals surface area contributed by atoms with E-state index in [2.05, 4.69) is 48.3 Å². The zero-order valence-corrected chi connectivity index (χ0v) is 12.3. The molecule has 1 N–H and O–H groups in total. The van der Waals surface area contributed by atoms with Crippen molar-refractivity contribution in [3.8, 4) is 0 Å². The van der Waals surface area contributed by atoms with Crippen molar-refractivity contribution in [2.75, 3.05) is 6.54 Å². The second-order valence-electron chi connectivity index (χ2n) is 6.81. The van der Waals surface area contributed by atoms with Gasteiger partial charge in [0.25, 0.3) is 0 Å². The van der Waals surface area contributed by atoms with Crippen molar-refractivity contribution < 1.29 is 0 Å². The van der Waals surface area contributed by atoms with E-state index >= 15 is 0 Å². The molecule has 0 unspecified atom stereocenters. The Labute approximate surface area is 117 Å². The van der Waals surface area contributed by atoms with Crippen LogP contribution in [0.15, 0.2) is 24.3 Å². The maximum atomic E-state index is 3.60. The molecule has 19 heavy (non-hydrogen) atoms. The fourth-order valence-electron chi connectivity index (χ4n) is 3.06. The Morgan fingerprint density at radius 1 is 1.26 bits per heavy atom. The number of nitrogens with zero attached hydrogens (tertiary/aromatic N) is 1. The molecule has 2 heteroatoms. The number of benzene rings is 1. The minimum absolute atomic E-state index is 0.377. The molecule has 2 fully saturated rings. The predicted octanol–water partition coefficient (Wildman–Crippen LogP) is 3.31. The molecule has 0 radical (unpaired) electrons. The van der Waals surface area contributed by atoms with Crippen molar-refractivity contribution in [1.29, 1.82) is 0 Å². The fourth-order valence-corrected chi connectivity index (χ4v) is 3.06. The van der Waals surface area contributed by atoms with E-state index in [0.29, 0.717) is 5.54 Å². The first kappa shape index (κ1) is 13.1. The molecule has 0 aromatic heterocycles. The van der Waals surface area contributed by atoms with Crippen LogP contribution in [0.4, 0.5) is 0 Å². The highest BCUT2D eigenvalue weighted by atomic mass is 15.2. The second-order valence-corrected chi connectivity index (χ2v) is 6.81. The Morgan fingerprint density at radius 3 is 2.74 bits per heavy atom. The van der Waals surface area contributed by atoms with Gasteiger partial charge in [-0.2, -0.15) is 0 Å². The summed E-state index contributed by atoms with van der Waals surface area (Å²) in [5.41, 5.74) is 3.27. The van der Waals surface area contributed by atoms with E-state index < -0.39 is 0 Å². The van der Waals surface area contributed by atoms with Crippen LogP contribution in [0.5, 0.6) is 0 Å². The van der Waals surface area contributed by atoms with Gasteiger partial charge in [0.05, 0.1) is 0 Å². The molecule has 0 spiro atoms. The molecule has 1 aromatic carbocycles. The van der Waals surface area contributed by atoms with Gasteiger partial charge in [0.15, 0.2) is 0 Å². The predicted molar refractivity (Wildman–Crippen MR) is 80.0 cm³/mol. The standard InChI is InChI=1S/C17H26N2/c1-17(2)9-4-10-19(17)13-15-6-3-5-14(11-15)12-18-16-7-8-16/h3,5-6,11,16,18H,4,7-10,12-13H2,1-2H3. The first-order chi connectivity index (χ1) is 9.13. The maximum Gasteiger partial charge on any atom is 0.0239 e. The first-order valence-electron chi connectivity index (χ1n) is 7.70. The minimum Gasteiger partial charge on any atom is -0.310 e. The Kier molecular flexibility index (Phi) is 3.64. The monoisotopic (exact) mass is 258 g/mol. The van der Waals surface area contributed by atoms with Gasteiger partial charge < -0.3 is 5.32 Å². The minimum atomic E-state index is 0.377. The molecule has 3 rings (SSSR count). The molecule has 104 valence electrons. The summed E-state index contributed by atoms with van der Waals surface area (Å²) in [5, 5.41) is 3.60. The van der Waals surface area contributed by atoms with E-state index in [1.54, 1.807) is 0 Å². The number of nitrogens with one attached hydrogen (secondary N) is 1. The van der Waals surface area contributed by atoms with Crippen LogP contribution in [0.25, 0.3) is 0 Å². The van der Waals surface area contributed by atoms with Gasteiger partial charge in [-0.3, -0.25) is 4.90 Å². The Balaban J connectivity index is 1.62. The Hall–Kier alpha value is -0.860. The van der Waals surface area contributed by atoms with Gasteiger partial charge in [0.1, 0.15) is 0 Å². The zero-order valence-electron chi connectivity index (χ0n) is 12.3. The maximum absolute atomic E-state index is 3.60. The van der Waals surface area contributed by atoms with Gasteiger partial charge in [-0.15, -0.1) is 0 Å². The quantitative estimate of drug-likeness (QED) is 0.871.